The maximum atomic E-state index is 11.5. The van der Waals surface area contributed by atoms with Crippen molar-refractivity contribution in [3.63, 3.8) is 0 Å². The van der Waals surface area contributed by atoms with Crippen molar-refractivity contribution in [2.45, 2.75) is 6.92 Å². The van der Waals surface area contributed by atoms with E-state index >= 15 is 0 Å². The van der Waals surface area contributed by atoms with Crippen LogP contribution in [0.3, 0.4) is 0 Å². The number of allylic oxidation sites excluding steroid dienone is 1. The van der Waals surface area contributed by atoms with E-state index in [4.69, 9.17) is 5.11 Å². The molecular weight excluding hydrogens is 102 g/mol. The van der Waals surface area contributed by atoms with Gasteiger partial charge in [-0.05, 0) is 6.92 Å². The largest absolute Gasteiger partial charge is 0.389 e. The average Bonchev–Trinajstić information content (AvgIpc) is 1.65. The molecule has 3 heteroatoms. The molecule has 7 heavy (non-hydrogen) atoms. The lowest BCUT2D eigenvalue weighted by Crippen LogP contribution is -1.82. The van der Waals surface area contributed by atoms with Crippen LogP contribution < -0.4 is 0 Å². The van der Waals surface area contributed by atoms with Gasteiger partial charge in [0, 0.05) is 0 Å². The number of aliphatic hydroxyl groups excluding tert-OH is 1. The van der Waals surface area contributed by atoms with Crippen molar-refractivity contribution >= 4 is 0 Å². The summed E-state index contributed by atoms with van der Waals surface area (Å²) < 4.78 is 22.9. The molecule has 0 unspecified atom stereocenters. The van der Waals surface area contributed by atoms with Crippen molar-refractivity contribution in [2.75, 3.05) is 6.61 Å². The zero-order chi connectivity index (χ0) is 5.86. The average molecular weight is 108 g/mol. The Kier molecular flexibility index (Phi) is 2.52. The second kappa shape index (κ2) is 2.69. The van der Waals surface area contributed by atoms with Crippen LogP contribution in [0.15, 0.2) is 11.7 Å². The lowest BCUT2D eigenvalue weighted by atomic mass is 10.5. The highest BCUT2D eigenvalue weighted by Gasteiger charge is 1.94. The van der Waals surface area contributed by atoms with Crippen LogP contribution in [0.25, 0.3) is 0 Å². The van der Waals surface area contributed by atoms with E-state index < -0.39 is 18.3 Å². The molecule has 0 aliphatic rings. The Balaban J connectivity index is 3.72. The van der Waals surface area contributed by atoms with E-state index in [1.807, 2.05) is 0 Å². The number of hydrogen-bond acceptors (Lipinski definition) is 1. The normalized spacial score (nSPS) is 13.7. The van der Waals surface area contributed by atoms with Gasteiger partial charge < -0.3 is 5.11 Å². The molecule has 0 aliphatic heterocycles. The maximum absolute atomic E-state index is 11.5. The Labute approximate surface area is 40.3 Å². The van der Waals surface area contributed by atoms with Gasteiger partial charge in [0.1, 0.15) is 5.83 Å². The van der Waals surface area contributed by atoms with E-state index in [2.05, 4.69) is 0 Å². The lowest BCUT2D eigenvalue weighted by molar-refractivity contribution is 0.289. The summed E-state index contributed by atoms with van der Waals surface area (Å²) in [5.74, 6) is -2.05. The second-order valence-electron chi connectivity index (χ2n) is 1.10. The molecule has 0 aromatic carbocycles. The van der Waals surface area contributed by atoms with Gasteiger partial charge in [0.15, 0.2) is 5.83 Å². The first kappa shape index (κ1) is 6.56. The molecule has 0 amide bonds. The summed E-state index contributed by atoms with van der Waals surface area (Å²) >= 11 is 0. The Hall–Kier alpha value is -0.440. The van der Waals surface area contributed by atoms with Crippen LogP contribution in [0.4, 0.5) is 8.78 Å². The van der Waals surface area contributed by atoms with E-state index in [9.17, 15) is 8.78 Å². The molecule has 0 aliphatic carbocycles. The molecule has 0 saturated heterocycles. The number of halogens is 2. The third-order valence-corrected chi connectivity index (χ3v) is 0.513. The van der Waals surface area contributed by atoms with Gasteiger partial charge in [0.2, 0.25) is 0 Å². The minimum Gasteiger partial charge on any atom is -0.389 e. The fraction of sp³-hybridized carbons (Fsp3) is 0.500. The minimum atomic E-state index is -1.10. The maximum Gasteiger partial charge on any atom is 0.156 e. The van der Waals surface area contributed by atoms with Gasteiger partial charge in [-0.1, -0.05) is 0 Å². The molecule has 0 spiro atoms. The molecule has 0 aromatic heterocycles. The van der Waals surface area contributed by atoms with Gasteiger partial charge >= 0.3 is 0 Å². The fourth-order valence-electron chi connectivity index (χ4n) is 0.109. The summed E-state index contributed by atoms with van der Waals surface area (Å²) in [4.78, 5) is 0. The van der Waals surface area contributed by atoms with Crippen molar-refractivity contribution in [1.82, 2.24) is 0 Å². The third kappa shape index (κ3) is 2.28. The molecule has 0 fully saturated rings. The summed E-state index contributed by atoms with van der Waals surface area (Å²) in [5, 5.41) is 7.83. The number of hydrogen-bond donors (Lipinski definition) is 1. The monoisotopic (exact) mass is 108 g/mol. The van der Waals surface area contributed by atoms with Crippen LogP contribution in [0.2, 0.25) is 0 Å². The van der Waals surface area contributed by atoms with Crippen LogP contribution in [0, 0.1) is 0 Å². The molecule has 42 valence electrons. The predicted molar refractivity (Wildman–Crippen MR) is 22.0 cm³/mol. The van der Waals surface area contributed by atoms with Crippen LogP contribution in [-0.2, 0) is 0 Å². The zero-order valence-electron chi connectivity index (χ0n) is 3.91. The van der Waals surface area contributed by atoms with E-state index in [1.54, 1.807) is 0 Å². The molecule has 0 aromatic rings. The van der Waals surface area contributed by atoms with Gasteiger partial charge in [0.25, 0.3) is 0 Å². The van der Waals surface area contributed by atoms with Crippen LogP contribution in [-0.4, -0.2) is 11.7 Å². The first-order valence-electron chi connectivity index (χ1n) is 1.80. The van der Waals surface area contributed by atoms with E-state index in [0.29, 0.717) is 0 Å². The van der Waals surface area contributed by atoms with Gasteiger partial charge in [0.05, 0.1) is 6.61 Å². The molecule has 0 rings (SSSR count). The number of rotatable bonds is 1. The highest BCUT2D eigenvalue weighted by molar-refractivity contribution is 4.95. The smallest absolute Gasteiger partial charge is 0.156 e. The van der Waals surface area contributed by atoms with Gasteiger partial charge in [-0.2, -0.15) is 0 Å². The predicted octanol–water partition coefficient (Wildman–Crippen LogP) is 1.15. The minimum absolute atomic E-state index is 0.845. The first-order valence-corrected chi connectivity index (χ1v) is 1.80. The molecule has 0 saturated carbocycles. The lowest BCUT2D eigenvalue weighted by Gasteiger charge is -1.85. The van der Waals surface area contributed by atoms with Crippen LogP contribution in [0.5, 0.6) is 0 Å². The summed E-state index contributed by atoms with van der Waals surface area (Å²) in [6.07, 6.45) is 0. The molecule has 1 nitrogen and oxygen atoms in total. The molecule has 0 radical (unpaired) electrons. The van der Waals surface area contributed by atoms with Crippen molar-refractivity contribution in [3.05, 3.63) is 11.7 Å². The Morgan fingerprint density at radius 3 is 2.00 bits per heavy atom. The summed E-state index contributed by atoms with van der Waals surface area (Å²) in [6.45, 7) is 0.105. The van der Waals surface area contributed by atoms with Crippen molar-refractivity contribution in [3.8, 4) is 0 Å². The molecular formula is C4H6F2O. The topological polar surface area (TPSA) is 20.2 Å². The quantitative estimate of drug-likeness (QED) is 0.534. The van der Waals surface area contributed by atoms with Crippen molar-refractivity contribution in [1.29, 1.82) is 0 Å². The second-order valence-corrected chi connectivity index (χ2v) is 1.10. The molecule has 1 N–H and O–H groups in total. The first-order chi connectivity index (χ1) is 3.18. The highest BCUT2D eigenvalue weighted by Crippen LogP contribution is 2.03. The van der Waals surface area contributed by atoms with Crippen LogP contribution >= 0.6 is 0 Å². The molecule has 0 atom stereocenters. The summed E-state index contributed by atoms with van der Waals surface area (Å²) in [6, 6.07) is 0. The highest BCUT2D eigenvalue weighted by atomic mass is 19.2. The van der Waals surface area contributed by atoms with Crippen LogP contribution in [0.1, 0.15) is 6.92 Å². The molecule has 0 heterocycles. The Morgan fingerprint density at radius 2 is 2.00 bits per heavy atom. The van der Waals surface area contributed by atoms with Gasteiger partial charge in [-0.3, -0.25) is 0 Å². The van der Waals surface area contributed by atoms with E-state index in [-0.39, 0.29) is 0 Å². The zero-order valence-corrected chi connectivity index (χ0v) is 3.91. The standard InChI is InChI=1S/C4H6F2O/c1-3(5)4(6)2-7/h7H,2H2,1H3/b4-3-. The van der Waals surface area contributed by atoms with Crippen molar-refractivity contribution < 1.29 is 13.9 Å². The van der Waals surface area contributed by atoms with Crippen molar-refractivity contribution in [2.24, 2.45) is 0 Å². The fourth-order valence-corrected chi connectivity index (χ4v) is 0.109. The van der Waals surface area contributed by atoms with E-state index in [1.165, 1.54) is 0 Å². The number of aliphatic hydroxyl groups is 1. The molecule has 0 bridgehead atoms. The Bertz CT molecular complexity index is 83.7. The summed E-state index contributed by atoms with van der Waals surface area (Å²) in [5.41, 5.74) is 0. The van der Waals surface area contributed by atoms with Gasteiger partial charge in [-0.15, -0.1) is 0 Å². The Morgan fingerprint density at radius 1 is 1.57 bits per heavy atom. The SMILES string of the molecule is C/C(F)=C(/F)CO. The van der Waals surface area contributed by atoms with Gasteiger partial charge in [-0.25, -0.2) is 8.78 Å². The third-order valence-electron chi connectivity index (χ3n) is 0.513. The van der Waals surface area contributed by atoms with E-state index in [0.717, 1.165) is 6.92 Å². The summed E-state index contributed by atoms with van der Waals surface area (Å²) in [7, 11) is 0.